The second-order valence-electron chi connectivity index (χ2n) is 4.91. The lowest BCUT2D eigenvalue weighted by atomic mass is 10.1. The van der Waals surface area contributed by atoms with Crippen LogP contribution in [0.5, 0.6) is 0 Å². The average Bonchev–Trinajstić information content (AvgIpc) is 2.65. The molecule has 4 nitrogen and oxygen atoms in total. The minimum Gasteiger partial charge on any atom is -0.396 e. The maximum atomic E-state index is 13.6. The molecule has 20 heavy (non-hydrogen) atoms. The van der Waals surface area contributed by atoms with Crippen molar-refractivity contribution in [3.05, 3.63) is 23.0 Å². The number of nitrogen functional groups attached to an aromatic ring is 1. The summed E-state index contributed by atoms with van der Waals surface area (Å²) < 4.78 is 40.6. The lowest BCUT2D eigenvalue weighted by molar-refractivity contribution is 0.434. The topological polar surface area (TPSA) is 63.4 Å². The van der Waals surface area contributed by atoms with Crippen molar-refractivity contribution in [3.63, 3.8) is 0 Å². The van der Waals surface area contributed by atoms with Gasteiger partial charge in [0.15, 0.2) is 0 Å². The lowest BCUT2D eigenvalue weighted by Gasteiger charge is -2.23. The highest BCUT2D eigenvalue weighted by molar-refractivity contribution is 7.99. The molecule has 0 atom stereocenters. The Morgan fingerprint density at radius 1 is 1.30 bits per heavy atom. The fourth-order valence-corrected chi connectivity index (χ4v) is 5.34. The minimum absolute atomic E-state index is 0.0848. The van der Waals surface area contributed by atoms with Crippen LogP contribution >= 0.6 is 11.8 Å². The summed E-state index contributed by atoms with van der Waals surface area (Å²) in [6.07, 6.45) is 0.832. The van der Waals surface area contributed by atoms with E-state index in [0.717, 1.165) is 17.9 Å². The molecule has 0 aromatic heterocycles. The van der Waals surface area contributed by atoms with Crippen molar-refractivity contribution in [1.82, 2.24) is 4.31 Å². The molecule has 1 fully saturated rings. The Hall–Kier alpha value is -0.790. The molecule has 0 amide bonds. The van der Waals surface area contributed by atoms with E-state index in [9.17, 15) is 12.8 Å². The molecule has 2 N–H and O–H groups in total. The first-order chi connectivity index (χ1) is 9.35. The molecule has 0 unspecified atom stereocenters. The van der Waals surface area contributed by atoms with E-state index in [-0.39, 0.29) is 10.6 Å². The highest BCUT2D eigenvalue weighted by atomic mass is 32.2. The molecule has 0 aliphatic carbocycles. The van der Waals surface area contributed by atoms with Gasteiger partial charge in [0.1, 0.15) is 5.82 Å². The van der Waals surface area contributed by atoms with Crippen LogP contribution in [0.1, 0.15) is 17.5 Å². The van der Waals surface area contributed by atoms with Crippen LogP contribution < -0.4 is 5.73 Å². The number of hydrogen-bond acceptors (Lipinski definition) is 4. The van der Waals surface area contributed by atoms with Crippen LogP contribution in [0.2, 0.25) is 0 Å². The Morgan fingerprint density at radius 2 is 2.00 bits per heavy atom. The molecule has 0 saturated carbocycles. The fraction of sp³-hybridized carbons (Fsp3) is 0.538. The van der Waals surface area contributed by atoms with Crippen molar-refractivity contribution in [2.45, 2.75) is 25.2 Å². The number of anilines is 1. The molecule has 1 aromatic rings. The van der Waals surface area contributed by atoms with Gasteiger partial charge in [0, 0.05) is 18.8 Å². The van der Waals surface area contributed by atoms with Crippen molar-refractivity contribution in [1.29, 1.82) is 0 Å². The van der Waals surface area contributed by atoms with Gasteiger partial charge in [-0.05, 0) is 43.2 Å². The predicted octanol–water partition coefficient (Wildman–Crippen LogP) is 2.15. The first-order valence-electron chi connectivity index (χ1n) is 6.48. The molecule has 1 saturated heterocycles. The molecule has 0 radical (unpaired) electrons. The number of benzene rings is 1. The van der Waals surface area contributed by atoms with Crippen molar-refractivity contribution >= 4 is 27.5 Å². The lowest BCUT2D eigenvalue weighted by Crippen LogP contribution is -2.34. The summed E-state index contributed by atoms with van der Waals surface area (Å²) in [6, 6.07) is 1.20. The van der Waals surface area contributed by atoms with Gasteiger partial charge in [-0.15, -0.1) is 0 Å². The summed E-state index contributed by atoms with van der Waals surface area (Å²) in [7, 11) is -3.61. The van der Waals surface area contributed by atoms with Crippen molar-refractivity contribution < 1.29 is 12.8 Å². The monoisotopic (exact) mass is 318 g/mol. The fourth-order valence-electron chi connectivity index (χ4n) is 2.42. The Morgan fingerprint density at radius 3 is 2.70 bits per heavy atom. The molecule has 1 heterocycles. The average molecular weight is 318 g/mol. The molecular formula is C13H19FN2O2S2. The van der Waals surface area contributed by atoms with E-state index in [2.05, 4.69) is 0 Å². The standard InChI is InChI=1S/C13H19FN2O2S2/c1-9-8-11(14)12(15)10(2)13(9)20(17,18)16-4-3-6-19-7-5-16/h8H,3-7,15H2,1-2H3. The van der Waals surface area contributed by atoms with Crippen LogP contribution in [0.4, 0.5) is 10.1 Å². The third-order valence-electron chi connectivity index (χ3n) is 3.48. The first-order valence-corrected chi connectivity index (χ1v) is 9.08. The Bertz CT molecular complexity index is 609. The highest BCUT2D eigenvalue weighted by Gasteiger charge is 2.29. The molecule has 0 bridgehead atoms. The summed E-state index contributed by atoms with van der Waals surface area (Å²) in [5, 5.41) is 0. The van der Waals surface area contributed by atoms with Crippen LogP contribution in [-0.2, 0) is 10.0 Å². The molecule has 1 aromatic carbocycles. The second-order valence-corrected chi connectivity index (χ2v) is 8.01. The van der Waals surface area contributed by atoms with E-state index >= 15 is 0 Å². The zero-order valence-electron chi connectivity index (χ0n) is 11.6. The normalized spacial score (nSPS) is 17.9. The number of sulfonamides is 1. The van der Waals surface area contributed by atoms with Crippen LogP contribution in [-0.4, -0.2) is 37.3 Å². The van der Waals surface area contributed by atoms with Crippen molar-refractivity contribution in [2.24, 2.45) is 0 Å². The Kier molecular flexibility index (Phi) is 4.61. The van der Waals surface area contributed by atoms with Crippen LogP contribution in [0, 0.1) is 19.7 Å². The SMILES string of the molecule is Cc1cc(F)c(N)c(C)c1S(=O)(=O)N1CCCSCC1. The zero-order chi connectivity index (χ0) is 14.9. The van der Waals surface area contributed by atoms with Gasteiger partial charge in [-0.1, -0.05) is 0 Å². The van der Waals surface area contributed by atoms with E-state index in [0.29, 0.717) is 24.2 Å². The van der Waals surface area contributed by atoms with E-state index in [1.165, 1.54) is 10.4 Å². The highest BCUT2D eigenvalue weighted by Crippen LogP contribution is 2.30. The van der Waals surface area contributed by atoms with E-state index < -0.39 is 15.8 Å². The second kappa shape index (κ2) is 5.91. The quantitative estimate of drug-likeness (QED) is 0.849. The van der Waals surface area contributed by atoms with Gasteiger partial charge in [0.25, 0.3) is 0 Å². The number of thioether (sulfide) groups is 1. The predicted molar refractivity (Wildman–Crippen MR) is 81.0 cm³/mol. The summed E-state index contributed by atoms with van der Waals surface area (Å²) in [6.45, 7) is 4.16. The molecule has 7 heteroatoms. The van der Waals surface area contributed by atoms with Gasteiger partial charge < -0.3 is 5.73 Å². The van der Waals surface area contributed by atoms with Gasteiger partial charge in [-0.3, -0.25) is 0 Å². The third kappa shape index (κ3) is 2.80. The maximum Gasteiger partial charge on any atom is 0.243 e. The molecule has 112 valence electrons. The van der Waals surface area contributed by atoms with Crippen LogP contribution in [0.25, 0.3) is 0 Å². The number of nitrogens with two attached hydrogens (primary N) is 1. The first kappa shape index (κ1) is 15.6. The van der Waals surface area contributed by atoms with E-state index in [4.69, 9.17) is 5.73 Å². The molecule has 2 rings (SSSR count). The van der Waals surface area contributed by atoms with Gasteiger partial charge in [-0.2, -0.15) is 16.1 Å². The summed E-state index contributed by atoms with van der Waals surface area (Å²) in [5.74, 6) is 1.19. The van der Waals surface area contributed by atoms with Gasteiger partial charge >= 0.3 is 0 Å². The van der Waals surface area contributed by atoms with E-state index in [1.54, 1.807) is 25.6 Å². The summed E-state index contributed by atoms with van der Waals surface area (Å²) in [4.78, 5) is 0.156. The Labute approximate surface area is 123 Å². The minimum atomic E-state index is -3.61. The number of aryl methyl sites for hydroxylation is 1. The molecule has 1 aliphatic heterocycles. The maximum absolute atomic E-state index is 13.6. The third-order valence-corrected chi connectivity index (χ3v) is 6.72. The molecule has 1 aliphatic rings. The summed E-state index contributed by atoms with van der Waals surface area (Å²) >= 11 is 1.75. The molecular weight excluding hydrogens is 299 g/mol. The number of rotatable bonds is 2. The largest absolute Gasteiger partial charge is 0.396 e. The van der Waals surface area contributed by atoms with Crippen molar-refractivity contribution in [3.8, 4) is 0 Å². The van der Waals surface area contributed by atoms with Gasteiger partial charge in [0.05, 0.1) is 10.6 Å². The van der Waals surface area contributed by atoms with Crippen LogP contribution in [0.15, 0.2) is 11.0 Å². The van der Waals surface area contributed by atoms with Crippen LogP contribution in [0.3, 0.4) is 0 Å². The van der Waals surface area contributed by atoms with Crippen molar-refractivity contribution in [2.75, 3.05) is 30.3 Å². The number of nitrogens with zero attached hydrogens (tertiary/aromatic N) is 1. The van der Waals surface area contributed by atoms with Gasteiger partial charge in [0.2, 0.25) is 10.0 Å². The summed E-state index contributed by atoms with van der Waals surface area (Å²) in [5.41, 5.74) is 6.28. The smallest absolute Gasteiger partial charge is 0.243 e. The van der Waals surface area contributed by atoms with Gasteiger partial charge in [-0.25, -0.2) is 12.8 Å². The number of hydrogen-bond donors (Lipinski definition) is 1. The zero-order valence-corrected chi connectivity index (χ0v) is 13.3. The van der Waals surface area contributed by atoms with E-state index in [1.807, 2.05) is 0 Å². The molecule has 0 spiro atoms. The number of halogens is 1. The Balaban J connectivity index is 2.51.